The summed E-state index contributed by atoms with van der Waals surface area (Å²) in [6, 6.07) is 16.4. The van der Waals surface area contributed by atoms with Crippen molar-refractivity contribution in [2.24, 2.45) is 0 Å². The second-order valence-electron chi connectivity index (χ2n) is 6.01. The number of nitrogens with zero attached hydrogens (tertiary/aromatic N) is 1. The SMILES string of the molecule is Cc1cc(C=CC(=O)O)ccc1Oc1ccc(OCc2ccccc2Cl)cn1. The summed E-state index contributed by atoms with van der Waals surface area (Å²) in [5.74, 6) is 0.698. The van der Waals surface area contributed by atoms with Crippen molar-refractivity contribution >= 4 is 23.6 Å². The van der Waals surface area contributed by atoms with Gasteiger partial charge in [0.15, 0.2) is 0 Å². The van der Waals surface area contributed by atoms with Crippen molar-refractivity contribution in [2.45, 2.75) is 13.5 Å². The lowest BCUT2D eigenvalue weighted by Crippen LogP contribution is -1.97. The van der Waals surface area contributed by atoms with E-state index in [-0.39, 0.29) is 0 Å². The predicted molar refractivity (Wildman–Crippen MR) is 108 cm³/mol. The van der Waals surface area contributed by atoms with Gasteiger partial charge in [-0.3, -0.25) is 0 Å². The van der Waals surface area contributed by atoms with Gasteiger partial charge < -0.3 is 14.6 Å². The third kappa shape index (κ3) is 5.34. The molecule has 1 heterocycles. The van der Waals surface area contributed by atoms with Crippen LogP contribution in [0.15, 0.2) is 66.9 Å². The van der Waals surface area contributed by atoms with Gasteiger partial charge in [-0.2, -0.15) is 0 Å². The molecular formula is C22H18ClNO4. The maximum atomic E-state index is 10.6. The van der Waals surface area contributed by atoms with Crippen LogP contribution in [0.25, 0.3) is 6.08 Å². The first-order valence-corrected chi connectivity index (χ1v) is 8.91. The van der Waals surface area contributed by atoms with Gasteiger partial charge in [0, 0.05) is 22.7 Å². The Morgan fingerprint density at radius 2 is 2.00 bits per heavy atom. The van der Waals surface area contributed by atoms with E-state index in [0.717, 1.165) is 22.8 Å². The second kappa shape index (κ2) is 9.06. The van der Waals surface area contributed by atoms with Crippen molar-refractivity contribution in [2.75, 3.05) is 0 Å². The van der Waals surface area contributed by atoms with E-state index in [4.69, 9.17) is 26.2 Å². The number of hydrogen-bond acceptors (Lipinski definition) is 4. The molecule has 0 saturated heterocycles. The van der Waals surface area contributed by atoms with E-state index in [1.54, 1.807) is 30.5 Å². The number of benzene rings is 2. The largest absolute Gasteiger partial charge is 0.487 e. The van der Waals surface area contributed by atoms with Crippen molar-refractivity contribution in [1.82, 2.24) is 4.98 Å². The summed E-state index contributed by atoms with van der Waals surface area (Å²) < 4.78 is 11.5. The van der Waals surface area contributed by atoms with Gasteiger partial charge in [0.05, 0.1) is 6.20 Å². The Bertz CT molecular complexity index is 1000. The molecule has 6 heteroatoms. The summed E-state index contributed by atoms with van der Waals surface area (Å²) in [7, 11) is 0. The zero-order valence-electron chi connectivity index (χ0n) is 15.1. The molecule has 2 aromatic carbocycles. The molecular weight excluding hydrogens is 378 g/mol. The number of pyridine rings is 1. The lowest BCUT2D eigenvalue weighted by Gasteiger charge is -2.10. The molecule has 0 atom stereocenters. The van der Waals surface area contributed by atoms with Crippen LogP contribution < -0.4 is 9.47 Å². The molecule has 3 rings (SSSR count). The Labute approximate surface area is 167 Å². The zero-order chi connectivity index (χ0) is 19.9. The first kappa shape index (κ1) is 19.5. The van der Waals surface area contributed by atoms with Crippen LogP contribution in [-0.2, 0) is 11.4 Å². The van der Waals surface area contributed by atoms with Crippen LogP contribution in [0.5, 0.6) is 17.4 Å². The average molecular weight is 396 g/mol. The summed E-state index contributed by atoms with van der Waals surface area (Å²) in [6.07, 6.45) is 4.21. The summed E-state index contributed by atoms with van der Waals surface area (Å²) in [6.45, 7) is 2.24. The molecule has 0 aliphatic rings. The number of halogens is 1. The highest BCUT2D eigenvalue weighted by Crippen LogP contribution is 2.26. The number of aliphatic carboxylic acids is 1. The van der Waals surface area contributed by atoms with Crippen LogP contribution in [-0.4, -0.2) is 16.1 Å². The van der Waals surface area contributed by atoms with Crippen LogP contribution in [0.1, 0.15) is 16.7 Å². The van der Waals surface area contributed by atoms with E-state index in [9.17, 15) is 4.79 Å². The normalized spacial score (nSPS) is 10.8. The quantitative estimate of drug-likeness (QED) is 0.534. The van der Waals surface area contributed by atoms with Gasteiger partial charge in [-0.15, -0.1) is 0 Å². The van der Waals surface area contributed by atoms with Gasteiger partial charge in [0.2, 0.25) is 5.88 Å². The van der Waals surface area contributed by atoms with Crippen LogP contribution in [0.3, 0.4) is 0 Å². The van der Waals surface area contributed by atoms with Gasteiger partial charge in [0.1, 0.15) is 18.1 Å². The maximum Gasteiger partial charge on any atom is 0.328 e. The molecule has 0 fully saturated rings. The van der Waals surface area contributed by atoms with E-state index >= 15 is 0 Å². The van der Waals surface area contributed by atoms with Gasteiger partial charge in [-0.05, 0) is 48.4 Å². The number of hydrogen-bond donors (Lipinski definition) is 1. The van der Waals surface area contributed by atoms with Crippen LogP contribution >= 0.6 is 11.6 Å². The molecule has 0 aliphatic heterocycles. The van der Waals surface area contributed by atoms with Gasteiger partial charge in [-0.25, -0.2) is 9.78 Å². The fourth-order valence-electron chi connectivity index (χ4n) is 2.46. The van der Waals surface area contributed by atoms with E-state index in [0.29, 0.717) is 29.0 Å². The van der Waals surface area contributed by atoms with Crippen LogP contribution in [0.2, 0.25) is 5.02 Å². The summed E-state index contributed by atoms with van der Waals surface area (Å²) in [4.78, 5) is 14.9. The number of carbonyl (C=O) groups is 1. The Morgan fingerprint density at radius 3 is 2.68 bits per heavy atom. The summed E-state index contributed by atoms with van der Waals surface area (Å²) in [5.41, 5.74) is 2.55. The molecule has 28 heavy (non-hydrogen) atoms. The lowest BCUT2D eigenvalue weighted by molar-refractivity contribution is -0.131. The van der Waals surface area contributed by atoms with Crippen molar-refractivity contribution in [1.29, 1.82) is 0 Å². The van der Waals surface area contributed by atoms with Gasteiger partial charge >= 0.3 is 5.97 Å². The molecule has 5 nitrogen and oxygen atoms in total. The van der Waals surface area contributed by atoms with Gasteiger partial charge in [0.25, 0.3) is 0 Å². The molecule has 0 aliphatic carbocycles. The number of rotatable bonds is 7. The number of aryl methyl sites for hydroxylation is 1. The fraction of sp³-hybridized carbons (Fsp3) is 0.0909. The van der Waals surface area contributed by atoms with Crippen LogP contribution in [0.4, 0.5) is 0 Å². The highest BCUT2D eigenvalue weighted by Gasteiger charge is 2.05. The molecule has 0 unspecified atom stereocenters. The fourth-order valence-corrected chi connectivity index (χ4v) is 2.65. The predicted octanol–water partition coefficient (Wildman–Crippen LogP) is 5.51. The third-order valence-corrected chi connectivity index (χ3v) is 4.26. The Kier molecular flexibility index (Phi) is 6.29. The molecule has 0 radical (unpaired) electrons. The Hall–Kier alpha value is -3.31. The first-order chi connectivity index (χ1) is 13.5. The summed E-state index contributed by atoms with van der Waals surface area (Å²) in [5, 5.41) is 9.36. The molecule has 0 spiro atoms. The zero-order valence-corrected chi connectivity index (χ0v) is 15.9. The standard InChI is InChI=1S/C22H18ClNO4/c1-15-12-16(7-11-22(25)26)6-9-20(15)28-21-10-8-18(13-24-21)27-14-17-4-2-3-5-19(17)23/h2-13H,14H2,1H3,(H,25,26). The average Bonchev–Trinajstić information content (AvgIpc) is 2.68. The molecule has 3 aromatic rings. The number of carboxylic acids is 1. The van der Waals surface area contributed by atoms with E-state index in [1.807, 2.05) is 37.3 Å². The molecule has 142 valence electrons. The minimum Gasteiger partial charge on any atom is -0.487 e. The van der Waals surface area contributed by atoms with Crippen LogP contribution in [0, 0.1) is 6.92 Å². The van der Waals surface area contributed by atoms with Gasteiger partial charge in [-0.1, -0.05) is 35.9 Å². The molecule has 1 aromatic heterocycles. The minimum atomic E-state index is -0.987. The Morgan fingerprint density at radius 1 is 1.18 bits per heavy atom. The molecule has 0 bridgehead atoms. The lowest BCUT2D eigenvalue weighted by atomic mass is 10.1. The third-order valence-electron chi connectivity index (χ3n) is 3.89. The van der Waals surface area contributed by atoms with Crippen molar-refractivity contribution in [3.05, 3.63) is 88.6 Å². The highest BCUT2D eigenvalue weighted by atomic mass is 35.5. The maximum absolute atomic E-state index is 10.6. The highest BCUT2D eigenvalue weighted by molar-refractivity contribution is 6.31. The minimum absolute atomic E-state index is 0.353. The molecule has 1 N–H and O–H groups in total. The Balaban J connectivity index is 1.62. The number of carboxylic acid groups (broad SMARTS) is 1. The monoisotopic (exact) mass is 395 g/mol. The molecule has 0 saturated carbocycles. The van der Waals surface area contributed by atoms with E-state index in [1.165, 1.54) is 6.08 Å². The topological polar surface area (TPSA) is 68.7 Å². The van der Waals surface area contributed by atoms with Crippen molar-refractivity contribution in [3.8, 4) is 17.4 Å². The summed E-state index contributed by atoms with van der Waals surface area (Å²) >= 11 is 6.12. The van der Waals surface area contributed by atoms with Crippen molar-refractivity contribution < 1.29 is 19.4 Å². The number of aromatic nitrogens is 1. The smallest absolute Gasteiger partial charge is 0.328 e. The van der Waals surface area contributed by atoms with E-state index in [2.05, 4.69) is 4.98 Å². The van der Waals surface area contributed by atoms with Crippen molar-refractivity contribution in [3.63, 3.8) is 0 Å². The second-order valence-corrected chi connectivity index (χ2v) is 6.42. The number of ether oxygens (including phenoxy) is 2. The molecule has 0 amide bonds. The van der Waals surface area contributed by atoms with E-state index < -0.39 is 5.97 Å². The first-order valence-electron chi connectivity index (χ1n) is 8.53.